The zero-order valence-electron chi connectivity index (χ0n) is 15.3. The van der Waals surface area contributed by atoms with Gasteiger partial charge in [0.05, 0.1) is 13.7 Å². The Morgan fingerprint density at radius 3 is 2.33 bits per heavy atom. The molecule has 0 aliphatic heterocycles. The smallest absolute Gasteiger partial charge is 0.255 e. The summed E-state index contributed by atoms with van der Waals surface area (Å²) >= 11 is 0. The monoisotopic (exact) mass is 363 g/mol. The average molecular weight is 363 g/mol. The van der Waals surface area contributed by atoms with Gasteiger partial charge in [0.2, 0.25) is 0 Å². The summed E-state index contributed by atoms with van der Waals surface area (Å²) in [5, 5.41) is 2.88. The minimum atomic E-state index is -0.175. The van der Waals surface area contributed by atoms with E-state index in [4.69, 9.17) is 14.2 Å². The first-order valence-electron chi connectivity index (χ1n) is 8.50. The van der Waals surface area contributed by atoms with Crippen molar-refractivity contribution >= 4 is 11.6 Å². The lowest BCUT2D eigenvalue weighted by Crippen LogP contribution is -2.12. The molecule has 5 heteroatoms. The first kappa shape index (κ1) is 18.5. The van der Waals surface area contributed by atoms with E-state index in [0.29, 0.717) is 35.1 Å². The van der Waals surface area contributed by atoms with Gasteiger partial charge in [0, 0.05) is 18.4 Å². The van der Waals surface area contributed by atoms with Crippen LogP contribution in [0.25, 0.3) is 0 Å². The van der Waals surface area contributed by atoms with Gasteiger partial charge in [-0.15, -0.1) is 0 Å². The van der Waals surface area contributed by atoms with E-state index in [1.165, 1.54) is 0 Å². The lowest BCUT2D eigenvalue weighted by atomic mass is 10.1. The van der Waals surface area contributed by atoms with Gasteiger partial charge in [-0.3, -0.25) is 4.79 Å². The van der Waals surface area contributed by atoms with Gasteiger partial charge in [0.1, 0.15) is 5.75 Å². The molecule has 0 fully saturated rings. The Morgan fingerprint density at radius 1 is 0.889 bits per heavy atom. The molecule has 0 saturated carbocycles. The van der Waals surface area contributed by atoms with Crippen LogP contribution in [0.1, 0.15) is 15.9 Å². The molecule has 3 rings (SSSR count). The molecule has 1 N–H and O–H groups in total. The summed E-state index contributed by atoms with van der Waals surface area (Å²) in [4.78, 5) is 12.4. The summed E-state index contributed by atoms with van der Waals surface area (Å²) in [6.45, 7) is 0.468. The molecule has 27 heavy (non-hydrogen) atoms. The topological polar surface area (TPSA) is 56.8 Å². The summed E-state index contributed by atoms with van der Waals surface area (Å²) < 4.78 is 16.2. The molecule has 0 spiro atoms. The molecule has 0 unspecified atom stereocenters. The maximum atomic E-state index is 12.4. The highest BCUT2D eigenvalue weighted by molar-refractivity contribution is 6.04. The second-order valence-electron chi connectivity index (χ2n) is 5.86. The van der Waals surface area contributed by atoms with Crippen LogP contribution < -0.4 is 14.8 Å². The maximum Gasteiger partial charge on any atom is 0.255 e. The normalized spacial score (nSPS) is 10.3. The molecular weight excluding hydrogens is 342 g/mol. The van der Waals surface area contributed by atoms with Crippen LogP contribution in [0.15, 0.2) is 72.8 Å². The minimum Gasteiger partial charge on any atom is -0.493 e. The molecular formula is C22H21NO4. The average Bonchev–Trinajstić information content (AvgIpc) is 2.70. The van der Waals surface area contributed by atoms with Crippen molar-refractivity contribution in [3.05, 3.63) is 83.9 Å². The third-order valence-electron chi connectivity index (χ3n) is 3.91. The van der Waals surface area contributed by atoms with Crippen molar-refractivity contribution in [1.82, 2.24) is 0 Å². The molecule has 138 valence electrons. The van der Waals surface area contributed by atoms with Crippen molar-refractivity contribution in [2.75, 3.05) is 19.5 Å². The Morgan fingerprint density at radius 2 is 1.63 bits per heavy atom. The standard InChI is InChI=1S/C22H21NO4/c1-25-15-16-6-5-7-17(14-16)22(24)23-18-10-12-19(13-11-18)27-21-9-4-3-8-20(21)26-2/h3-14H,15H2,1-2H3,(H,23,24). The molecule has 0 saturated heterocycles. The zero-order chi connectivity index (χ0) is 19.1. The number of hydrogen-bond acceptors (Lipinski definition) is 4. The van der Waals surface area contributed by atoms with Crippen LogP contribution in [0.4, 0.5) is 5.69 Å². The van der Waals surface area contributed by atoms with Crippen LogP contribution >= 0.6 is 0 Å². The maximum absolute atomic E-state index is 12.4. The number of para-hydroxylation sites is 2. The van der Waals surface area contributed by atoms with Gasteiger partial charge in [-0.2, -0.15) is 0 Å². The lowest BCUT2D eigenvalue weighted by Gasteiger charge is -2.11. The minimum absolute atomic E-state index is 0.175. The van der Waals surface area contributed by atoms with Crippen LogP contribution in [0.3, 0.4) is 0 Å². The van der Waals surface area contributed by atoms with Gasteiger partial charge >= 0.3 is 0 Å². The summed E-state index contributed by atoms with van der Waals surface area (Å²) in [5.41, 5.74) is 2.22. The van der Waals surface area contributed by atoms with Gasteiger partial charge in [-0.1, -0.05) is 24.3 Å². The number of methoxy groups -OCH3 is 2. The fourth-order valence-electron chi connectivity index (χ4n) is 2.61. The number of ether oxygens (including phenoxy) is 3. The molecule has 0 bridgehead atoms. The quantitative estimate of drug-likeness (QED) is 0.650. The highest BCUT2D eigenvalue weighted by atomic mass is 16.5. The summed E-state index contributed by atoms with van der Waals surface area (Å²) in [6, 6.07) is 22.0. The summed E-state index contributed by atoms with van der Waals surface area (Å²) in [6.07, 6.45) is 0. The first-order chi connectivity index (χ1) is 13.2. The largest absolute Gasteiger partial charge is 0.493 e. The van der Waals surface area contributed by atoms with E-state index in [0.717, 1.165) is 5.56 Å². The predicted octanol–water partition coefficient (Wildman–Crippen LogP) is 4.89. The van der Waals surface area contributed by atoms with Crippen LogP contribution in [0.2, 0.25) is 0 Å². The van der Waals surface area contributed by atoms with Crippen molar-refractivity contribution in [1.29, 1.82) is 0 Å². The molecule has 0 aromatic heterocycles. The van der Waals surface area contributed by atoms with E-state index in [1.807, 2.05) is 42.5 Å². The molecule has 3 aromatic rings. The first-order valence-corrected chi connectivity index (χ1v) is 8.50. The Kier molecular flexibility index (Phi) is 6.07. The van der Waals surface area contributed by atoms with Crippen molar-refractivity contribution in [3.8, 4) is 17.2 Å². The highest BCUT2D eigenvalue weighted by Crippen LogP contribution is 2.31. The predicted molar refractivity (Wildman–Crippen MR) is 105 cm³/mol. The fourth-order valence-corrected chi connectivity index (χ4v) is 2.61. The van der Waals surface area contributed by atoms with E-state index in [2.05, 4.69) is 5.32 Å². The van der Waals surface area contributed by atoms with Crippen molar-refractivity contribution in [2.24, 2.45) is 0 Å². The van der Waals surface area contributed by atoms with E-state index in [-0.39, 0.29) is 5.91 Å². The molecule has 0 radical (unpaired) electrons. The highest BCUT2D eigenvalue weighted by Gasteiger charge is 2.08. The number of nitrogens with one attached hydrogen (secondary N) is 1. The number of anilines is 1. The molecule has 3 aromatic carbocycles. The zero-order valence-corrected chi connectivity index (χ0v) is 15.3. The van der Waals surface area contributed by atoms with Gasteiger partial charge in [0.15, 0.2) is 11.5 Å². The Labute approximate surface area is 158 Å². The SMILES string of the molecule is COCc1cccc(C(=O)Nc2ccc(Oc3ccccc3OC)cc2)c1. The second kappa shape index (κ2) is 8.87. The number of rotatable bonds is 7. The Hall–Kier alpha value is -3.31. The van der Waals surface area contributed by atoms with E-state index >= 15 is 0 Å². The van der Waals surface area contributed by atoms with Crippen LogP contribution in [-0.2, 0) is 11.3 Å². The number of amides is 1. The van der Waals surface area contributed by atoms with Crippen molar-refractivity contribution in [2.45, 2.75) is 6.61 Å². The lowest BCUT2D eigenvalue weighted by molar-refractivity contribution is 0.102. The van der Waals surface area contributed by atoms with Gasteiger partial charge in [0.25, 0.3) is 5.91 Å². The van der Waals surface area contributed by atoms with Crippen LogP contribution in [0, 0.1) is 0 Å². The van der Waals surface area contributed by atoms with Gasteiger partial charge < -0.3 is 19.5 Å². The van der Waals surface area contributed by atoms with E-state index in [1.54, 1.807) is 44.6 Å². The molecule has 0 aliphatic carbocycles. The number of hydrogen-bond donors (Lipinski definition) is 1. The molecule has 1 amide bonds. The van der Waals surface area contributed by atoms with Gasteiger partial charge in [-0.05, 0) is 54.1 Å². The molecule has 0 atom stereocenters. The summed E-state index contributed by atoms with van der Waals surface area (Å²) in [5.74, 6) is 1.77. The molecule has 5 nitrogen and oxygen atoms in total. The fraction of sp³-hybridized carbons (Fsp3) is 0.136. The third kappa shape index (κ3) is 4.86. The molecule has 0 aliphatic rings. The van der Waals surface area contributed by atoms with E-state index < -0.39 is 0 Å². The Balaban J connectivity index is 1.67. The van der Waals surface area contributed by atoms with E-state index in [9.17, 15) is 4.79 Å². The van der Waals surface area contributed by atoms with Gasteiger partial charge in [-0.25, -0.2) is 0 Å². The second-order valence-corrected chi connectivity index (χ2v) is 5.86. The molecule has 0 heterocycles. The number of carbonyl (C=O) groups excluding carboxylic acids is 1. The third-order valence-corrected chi connectivity index (χ3v) is 3.91. The van der Waals surface area contributed by atoms with Crippen LogP contribution in [-0.4, -0.2) is 20.1 Å². The summed E-state index contributed by atoms with van der Waals surface area (Å²) in [7, 11) is 3.23. The number of carbonyl (C=O) groups is 1. The van der Waals surface area contributed by atoms with Crippen molar-refractivity contribution < 1.29 is 19.0 Å². The number of benzene rings is 3. The Bertz CT molecular complexity index is 906. The van der Waals surface area contributed by atoms with Crippen molar-refractivity contribution in [3.63, 3.8) is 0 Å². The van der Waals surface area contributed by atoms with Crippen LogP contribution in [0.5, 0.6) is 17.2 Å².